The van der Waals surface area contributed by atoms with Crippen molar-refractivity contribution < 1.29 is 4.39 Å². The highest BCUT2D eigenvalue weighted by atomic mass is 19.1. The predicted molar refractivity (Wildman–Crippen MR) is 46.6 cm³/mol. The van der Waals surface area contributed by atoms with Crippen LogP contribution in [0.5, 0.6) is 0 Å². The lowest BCUT2D eigenvalue weighted by molar-refractivity contribution is 0.627. The molecule has 0 N–H and O–H groups in total. The Morgan fingerprint density at radius 1 is 1.33 bits per heavy atom. The highest BCUT2D eigenvalue weighted by Gasteiger charge is 2.07. The fraction of sp³-hybridized carbons (Fsp3) is 0.200. The predicted octanol–water partition coefficient (Wildman–Crippen LogP) is 2.00. The molecule has 0 aliphatic carbocycles. The van der Waals surface area contributed by atoms with Crippen molar-refractivity contribution in [2.45, 2.75) is 0 Å². The summed E-state index contributed by atoms with van der Waals surface area (Å²) in [4.78, 5) is 2.06. The molecule has 2 heteroatoms. The van der Waals surface area contributed by atoms with E-state index >= 15 is 0 Å². The zero-order chi connectivity index (χ0) is 8.39. The van der Waals surface area contributed by atoms with Gasteiger partial charge in [-0.2, -0.15) is 0 Å². The van der Waals surface area contributed by atoms with Crippen molar-refractivity contribution in [2.24, 2.45) is 0 Å². The minimum atomic E-state index is -0.198. The average Bonchev–Trinajstić information content (AvgIpc) is 2.56. The molecule has 1 aliphatic heterocycles. The molecule has 1 aliphatic rings. The Balaban J connectivity index is 2.22. The first-order valence-corrected chi connectivity index (χ1v) is 3.93. The van der Waals surface area contributed by atoms with E-state index in [1.807, 2.05) is 0 Å². The summed E-state index contributed by atoms with van der Waals surface area (Å²) in [6.07, 6.45) is 4.14. The van der Waals surface area contributed by atoms with Gasteiger partial charge in [-0.3, -0.25) is 0 Å². The van der Waals surface area contributed by atoms with Gasteiger partial charge in [0.2, 0.25) is 0 Å². The lowest BCUT2D eigenvalue weighted by Gasteiger charge is -2.16. The van der Waals surface area contributed by atoms with Crippen LogP contribution in [0.15, 0.2) is 30.4 Å². The van der Waals surface area contributed by atoms with E-state index in [1.165, 1.54) is 12.1 Å². The Bertz CT molecular complexity index is 298. The molecule has 12 heavy (non-hydrogen) atoms. The maximum absolute atomic E-state index is 12.8. The van der Waals surface area contributed by atoms with Crippen molar-refractivity contribution in [1.82, 2.24) is 0 Å². The van der Waals surface area contributed by atoms with Crippen LogP contribution in [0.1, 0.15) is 0 Å². The molecule has 0 fully saturated rings. The number of hydrogen-bond donors (Lipinski definition) is 0. The van der Waals surface area contributed by atoms with E-state index in [0.29, 0.717) is 0 Å². The minimum Gasteiger partial charge on any atom is -0.363 e. The fourth-order valence-corrected chi connectivity index (χ4v) is 1.28. The second-order valence-electron chi connectivity index (χ2n) is 2.77. The summed E-state index contributed by atoms with van der Waals surface area (Å²) in [6.45, 7) is 1.72. The third-order valence-corrected chi connectivity index (χ3v) is 1.91. The second-order valence-corrected chi connectivity index (χ2v) is 2.77. The van der Waals surface area contributed by atoms with Crippen LogP contribution in [0.25, 0.3) is 0 Å². The van der Waals surface area contributed by atoms with Gasteiger partial charge in [0, 0.05) is 24.8 Å². The Hall–Kier alpha value is -1.31. The normalized spacial score (nSPS) is 15.6. The van der Waals surface area contributed by atoms with Gasteiger partial charge in [-0.25, -0.2) is 4.39 Å². The molecule has 0 amide bonds. The molecule has 1 heterocycles. The summed E-state index contributed by atoms with van der Waals surface area (Å²) in [5.41, 5.74) is 0.833. The second kappa shape index (κ2) is 2.97. The summed E-state index contributed by atoms with van der Waals surface area (Å²) in [7, 11) is 0. The summed E-state index contributed by atoms with van der Waals surface area (Å²) < 4.78 is 12.8. The maximum Gasteiger partial charge on any atom is 0.125 e. The van der Waals surface area contributed by atoms with Crippen LogP contribution >= 0.6 is 0 Å². The SMILES string of the molecule is Fc1cc[c]c(N2CC=CC2)c1. The number of hydrogen-bond acceptors (Lipinski definition) is 1. The third kappa shape index (κ3) is 1.33. The van der Waals surface area contributed by atoms with Crippen molar-refractivity contribution >= 4 is 5.69 Å². The molecule has 0 unspecified atom stereocenters. The van der Waals surface area contributed by atoms with Gasteiger partial charge in [0.05, 0.1) is 0 Å². The molecule has 2 rings (SSSR count). The first kappa shape index (κ1) is 7.35. The summed E-state index contributed by atoms with van der Waals surface area (Å²) >= 11 is 0. The number of rotatable bonds is 1. The van der Waals surface area contributed by atoms with Gasteiger partial charge >= 0.3 is 0 Å². The molecule has 1 nitrogen and oxygen atoms in total. The zero-order valence-corrected chi connectivity index (χ0v) is 6.63. The van der Waals surface area contributed by atoms with Crippen LogP contribution in [0.4, 0.5) is 10.1 Å². The lowest BCUT2D eigenvalue weighted by atomic mass is 10.3. The third-order valence-electron chi connectivity index (χ3n) is 1.91. The number of nitrogens with zero attached hydrogens (tertiary/aromatic N) is 1. The molecule has 0 spiro atoms. The molecule has 0 saturated carbocycles. The van der Waals surface area contributed by atoms with Crippen molar-refractivity contribution in [3.05, 3.63) is 42.2 Å². The molecule has 1 aromatic carbocycles. The Labute approximate surface area is 71.1 Å². The molecule has 0 saturated heterocycles. The van der Waals surface area contributed by atoms with E-state index in [4.69, 9.17) is 0 Å². The van der Waals surface area contributed by atoms with Gasteiger partial charge < -0.3 is 4.90 Å². The van der Waals surface area contributed by atoms with Crippen molar-refractivity contribution in [3.8, 4) is 0 Å². The minimum absolute atomic E-state index is 0.198. The molecular weight excluding hydrogens is 153 g/mol. The van der Waals surface area contributed by atoms with Gasteiger partial charge in [-0.1, -0.05) is 12.2 Å². The Morgan fingerprint density at radius 2 is 2.08 bits per heavy atom. The standard InChI is InChI=1S/C10H9FN/c11-9-4-3-5-10(8-9)12-6-1-2-7-12/h1-4,8H,6-7H2. The maximum atomic E-state index is 12.8. The highest BCUT2D eigenvalue weighted by Crippen LogP contribution is 2.16. The summed E-state index contributed by atoms with van der Waals surface area (Å²) in [5.74, 6) is -0.198. The van der Waals surface area contributed by atoms with Crippen LogP contribution in [0, 0.1) is 11.9 Å². The quantitative estimate of drug-likeness (QED) is 0.571. The number of benzene rings is 1. The number of anilines is 1. The van der Waals surface area contributed by atoms with E-state index in [2.05, 4.69) is 23.1 Å². The highest BCUT2D eigenvalue weighted by molar-refractivity contribution is 5.48. The van der Waals surface area contributed by atoms with Crippen molar-refractivity contribution in [1.29, 1.82) is 0 Å². The van der Waals surface area contributed by atoms with Crippen LogP contribution in [0.2, 0.25) is 0 Å². The van der Waals surface area contributed by atoms with Crippen LogP contribution < -0.4 is 4.90 Å². The Morgan fingerprint density at radius 3 is 2.75 bits per heavy atom. The van der Waals surface area contributed by atoms with E-state index in [1.54, 1.807) is 6.07 Å². The van der Waals surface area contributed by atoms with Crippen molar-refractivity contribution in [2.75, 3.05) is 18.0 Å². The van der Waals surface area contributed by atoms with Crippen LogP contribution in [-0.2, 0) is 0 Å². The molecule has 1 radical (unpaired) electrons. The largest absolute Gasteiger partial charge is 0.363 e. The first-order valence-electron chi connectivity index (χ1n) is 3.93. The zero-order valence-electron chi connectivity index (χ0n) is 6.63. The van der Waals surface area contributed by atoms with Gasteiger partial charge in [-0.05, 0) is 18.2 Å². The Kier molecular flexibility index (Phi) is 1.82. The van der Waals surface area contributed by atoms with Gasteiger partial charge in [0.15, 0.2) is 0 Å². The van der Waals surface area contributed by atoms with Crippen molar-refractivity contribution in [3.63, 3.8) is 0 Å². The summed E-state index contributed by atoms with van der Waals surface area (Å²) in [5, 5.41) is 0. The topological polar surface area (TPSA) is 3.24 Å². The summed E-state index contributed by atoms with van der Waals surface area (Å²) in [6, 6.07) is 7.53. The van der Waals surface area contributed by atoms with E-state index in [9.17, 15) is 4.39 Å². The van der Waals surface area contributed by atoms with E-state index < -0.39 is 0 Å². The first-order chi connectivity index (χ1) is 5.86. The van der Waals surface area contributed by atoms with Crippen LogP contribution in [-0.4, -0.2) is 13.1 Å². The molecule has 0 aromatic heterocycles. The lowest BCUT2D eigenvalue weighted by Crippen LogP contribution is -2.18. The molecule has 61 valence electrons. The van der Waals surface area contributed by atoms with Crippen LogP contribution in [0.3, 0.4) is 0 Å². The van der Waals surface area contributed by atoms with E-state index in [-0.39, 0.29) is 5.82 Å². The van der Waals surface area contributed by atoms with Gasteiger partial charge in [0.1, 0.15) is 5.82 Å². The monoisotopic (exact) mass is 162 g/mol. The van der Waals surface area contributed by atoms with Gasteiger partial charge in [0.25, 0.3) is 0 Å². The molecule has 0 bridgehead atoms. The average molecular weight is 162 g/mol. The fourth-order valence-electron chi connectivity index (χ4n) is 1.28. The smallest absolute Gasteiger partial charge is 0.125 e. The number of halogens is 1. The van der Waals surface area contributed by atoms with Gasteiger partial charge in [-0.15, -0.1) is 0 Å². The molecular formula is C10H9FN. The molecule has 0 atom stereocenters. The molecule has 1 aromatic rings. The van der Waals surface area contributed by atoms with E-state index in [0.717, 1.165) is 18.8 Å².